The largest absolute Gasteiger partial charge is 0.288 e. The Morgan fingerprint density at radius 1 is 1.39 bits per heavy atom. The van der Waals surface area contributed by atoms with Gasteiger partial charge in [0.05, 0.1) is 0 Å². The molecule has 0 saturated heterocycles. The normalized spacial score (nSPS) is 10.2. The Hall–Kier alpha value is -2.43. The van der Waals surface area contributed by atoms with E-state index in [-0.39, 0.29) is 0 Å². The molecule has 0 aliphatic heterocycles. The van der Waals surface area contributed by atoms with Crippen molar-refractivity contribution in [3.8, 4) is 10.6 Å². The highest BCUT2D eigenvalue weighted by molar-refractivity contribution is 7.15. The van der Waals surface area contributed by atoms with E-state index in [4.69, 9.17) is 5.53 Å². The SMILES string of the molecule is [N-]=[N+]=NC(=O)/C=C/c1cnc(-c2ccccc2)s1. The van der Waals surface area contributed by atoms with E-state index in [0.717, 1.165) is 15.4 Å². The van der Waals surface area contributed by atoms with E-state index in [1.54, 1.807) is 12.3 Å². The van der Waals surface area contributed by atoms with Crippen LogP contribution >= 0.6 is 11.3 Å². The fourth-order valence-corrected chi connectivity index (χ4v) is 2.13. The fourth-order valence-electron chi connectivity index (χ4n) is 1.31. The molecular formula is C12H8N4OS. The van der Waals surface area contributed by atoms with Gasteiger partial charge < -0.3 is 0 Å². The average molecular weight is 256 g/mol. The minimum Gasteiger partial charge on any atom is -0.288 e. The lowest BCUT2D eigenvalue weighted by atomic mass is 10.2. The van der Waals surface area contributed by atoms with Crippen LogP contribution in [0.1, 0.15) is 4.88 Å². The molecule has 2 rings (SSSR count). The molecule has 0 N–H and O–H groups in total. The van der Waals surface area contributed by atoms with Gasteiger partial charge in [0.15, 0.2) is 0 Å². The first-order chi connectivity index (χ1) is 8.79. The second-order valence-corrected chi connectivity index (χ2v) is 4.36. The van der Waals surface area contributed by atoms with Crippen molar-refractivity contribution in [2.75, 3.05) is 0 Å². The molecule has 0 aliphatic carbocycles. The van der Waals surface area contributed by atoms with Gasteiger partial charge in [-0.05, 0) is 22.8 Å². The number of amides is 1. The molecule has 1 amide bonds. The minimum atomic E-state index is -0.618. The van der Waals surface area contributed by atoms with Gasteiger partial charge in [0.2, 0.25) is 5.91 Å². The van der Waals surface area contributed by atoms with Gasteiger partial charge in [-0.1, -0.05) is 30.3 Å². The second kappa shape index (κ2) is 5.77. The van der Waals surface area contributed by atoms with Gasteiger partial charge in [-0.25, -0.2) is 4.98 Å². The summed E-state index contributed by atoms with van der Waals surface area (Å²) < 4.78 is 0. The molecule has 0 bridgehead atoms. The Bertz CT molecular complexity index is 627. The van der Waals surface area contributed by atoms with Gasteiger partial charge in [-0.15, -0.1) is 11.3 Å². The van der Waals surface area contributed by atoms with Crippen LogP contribution in [0.25, 0.3) is 27.1 Å². The molecule has 0 unspecified atom stereocenters. The van der Waals surface area contributed by atoms with Crippen LogP contribution in [0.2, 0.25) is 0 Å². The highest BCUT2D eigenvalue weighted by Gasteiger charge is 2.02. The number of carbonyl (C=O) groups is 1. The van der Waals surface area contributed by atoms with Crippen molar-refractivity contribution in [1.82, 2.24) is 4.98 Å². The first-order valence-corrected chi connectivity index (χ1v) is 5.89. The number of rotatable bonds is 3. The molecule has 0 radical (unpaired) electrons. The molecule has 6 heteroatoms. The van der Waals surface area contributed by atoms with Crippen LogP contribution in [-0.4, -0.2) is 10.9 Å². The lowest BCUT2D eigenvalue weighted by Crippen LogP contribution is -1.80. The predicted molar refractivity (Wildman–Crippen MR) is 70.7 cm³/mol. The molecule has 1 aromatic carbocycles. The molecular weight excluding hydrogens is 248 g/mol. The van der Waals surface area contributed by atoms with Crippen molar-refractivity contribution in [3.05, 3.63) is 57.9 Å². The average Bonchev–Trinajstić information content (AvgIpc) is 2.87. The maximum atomic E-state index is 11.0. The van der Waals surface area contributed by atoms with E-state index >= 15 is 0 Å². The van der Waals surface area contributed by atoms with Crippen molar-refractivity contribution in [2.24, 2.45) is 5.11 Å². The van der Waals surface area contributed by atoms with Crippen LogP contribution in [0.4, 0.5) is 0 Å². The van der Waals surface area contributed by atoms with Crippen molar-refractivity contribution < 1.29 is 4.79 Å². The van der Waals surface area contributed by atoms with E-state index in [9.17, 15) is 4.79 Å². The third kappa shape index (κ3) is 3.04. The Morgan fingerprint density at radius 3 is 2.89 bits per heavy atom. The first-order valence-electron chi connectivity index (χ1n) is 5.08. The van der Waals surface area contributed by atoms with Gasteiger partial charge in [0.1, 0.15) is 5.01 Å². The Morgan fingerprint density at radius 2 is 2.17 bits per heavy atom. The molecule has 1 aromatic heterocycles. The Balaban J connectivity index is 2.16. The lowest BCUT2D eigenvalue weighted by Gasteiger charge is -1.92. The number of carbonyl (C=O) groups excluding carboxylic acids is 1. The Labute approximate surface area is 107 Å². The summed E-state index contributed by atoms with van der Waals surface area (Å²) in [5.41, 5.74) is 9.11. The number of hydrogen-bond acceptors (Lipinski definition) is 3. The van der Waals surface area contributed by atoms with E-state index in [1.807, 2.05) is 30.3 Å². The molecule has 0 aliphatic rings. The number of aromatic nitrogens is 1. The highest BCUT2D eigenvalue weighted by Crippen LogP contribution is 2.25. The first kappa shape index (κ1) is 12.0. The van der Waals surface area contributed by atoms with Gasteiger partial charge in [0.25, 0.3) is 0 Å². The predicted octanol–water partition coefficient (Wildman–Crippen LogP) is 3.66. The smallest absolute Gasteiger partial charge is 0.242 e. The number of hydrogen-bond donors (Lipinski definition) is 0. The molecule has 5 nitrogen and oxygen atoms in total. The maximum Gasteiger partial charge on any atom is 0.242 e. The summed E-state index contributed by atoms with van der Waals surface area (Å²) in [6, 6.07) is 9.76. The Kier molecular flexibility index (Phi) is 3.86. The van der Waals surface area contributed by atoms with Crippen LogP contribution < -0.4 is 0 Å². The monoisotopic (exact) mass is 256 g/mol. The molecule has 18 heavy (non-hydrogen) atoms. The van der Waals surface area contributed by atoms with E-state index in [2.05, 4.69) is 15.0 Å². The van der Waals surface area contributed by atoms with Crippen LogP contribution in [0.3, 0.4) is 0 Å². The summed E-state index contributed by atoms with van der Waals surface area (Å²) in [5.74, 6) is -0.618. The minimum absolute atomic E-state index is 0.618. The van der Waals surface area contributed by atoms with Gasteiger partial charge in [-0.3, -0.25) is 4.79 Å². The zero-order chi connectivity index (χ0) is 12.8. The molecule has 0 spiro atoms. The molecule has 2 aromatic rings. The third-order valence-electron chi connectivity index (χ3n) is 2.08. The molecule has 0 atom stereocenters. The van der Waals surface area contributed by atoms with Crippen LogP contribution in [0.5, 0.6) is 0 Å². The standard InChI is InChI=1S/C12H8N4OS/c13-16-15-11(17)7-6-10-8-14-12(18-10)9-4-2-1-3-5-9/h1-8H/b7-6+. The topological polar surface area (TPSA) is 78.7 Å². The lowest BCUT2D eigenvalue weighted by molar-refractivity contribution is -0.113. The summed E-state index contributed by atoms with van der Waals surface area (Å²) in [6.07, 6.45) is 4.48. The zero-order valence-electron chi connectivity index (χ0n) is 9.22. The van der Waals surface area contributed by atoms with Gasteiger partial charge in [-0.2, -0.15) is 0 Å². The van der Waals surface area contributed by atoms with E-state index < -0.39 is 5.91 Å². The van der Waals surface area contributed by atoms with E-state index in [1.165, 1.54) is 17.4 Å². The highest BCUT2D eigenvalue weighted by atomic mass is 32.1. The van der Waals surface area contributed by atoms with Crippen molar-refractivity contribution >= 4 is 23.3 Å². The number of thiazole rings is 1. The number of azide groups is 1. The summed E-state index contributed by atoms with van der Waals surface area (Å²) in [5, 5.41) is 3.82. The molecule has 0 fully saturated rings. The molecule has 88 valence electrons. The van der Waals surface area contributed by atoms with Crippen LogP contribution in [-0.2, 0) is 4.79 Å². The van der Waals surface area contributed by atoms with Crippen molar-refractivity contribution in [3.63, 3.8) is 0 Å². The summed E-state index contributed by atoms with van der Waals surface area (Å²) >= 11 is 1.46. The maximum absolute atomic E-state index is 11.0. The van der Waals surface area contributed by atoms with Crippen molar-refractivity contribution in [1.29, 1.82) is 0 Å². The number of benzene rings is 1. The fraction of sp³-hybridized carbons (Fsp3) is 0. The van der Waals surface area contributed by atoms with E-state index in [0.29, 0.717) is 0 Å². The zero-order valence-corrected chi connectivity index (χ0v) is 10.0. The quantitative estimate of drug-likeness (QED) is 0.363. The molecule has 1 heterocycles. The second-order valence-electron chi connectivity index (χ2n) is 3.29. The summed E-state index contributed by atoms with van der Waals surface area (Å²) in [4.78, 5) is 18.5. The summed E-state index contributed by atoms with van der Waals surface area (Å²) in [6.45, 7) is 0. The van der Waals surface area contributed by atoms with Gasteiger partial charge >= 0.3 is 0 Å². The van der Waals surface area contributed by atoms with Gasteiger partial charge in [0, 0.05) is 21.5 Å². The van der Waals surface area contributed by atoms with Crippen LogP contribution in [0.15, 0.2) is 47.7 Å². The van der Waals surface area contributed by atoms with Crippen molar-refractivity contribution in [2.45, 2.75) is 0 Å². The third-order valence-corrected chi connectivity index (χ3v) is 3.09. The molecule has 0 saturated carbocycles. The number of nitrogens with zero attached hydrogens (tertiary/aromatic N) is 4. The summed E-state index contributed by atoms with van der Waals surface area (Å²) in [7, 11) is 0. The van der Waals surface area contributed by atoms with Crippen LogP contribution in [0, 0.1) is 0 Å².